The second-order valence-electron chi connectivity index (χ2n) is 4.15. The molecule has 0 saturated heterocycles. The molecule has 1 aliphatic rings. The first-order chi connectivity index (χ1) is 8.65. The van der Waals surface area contributed by atoms with Gasteiger partial charge in [0.1, 0.15) is 5.02 Å². The maximum Gasteiger partial charge on any atom is 0.288 e. The standard InChI is InChI=1S/C11H8ClN3O3/c12-8-4-3-7(5-9(8)15(16)17)10-13-11(18-14-10)6-1-2-6/h3-6H,1-2H2. The Hall–Kier alpha value is -1.95. The average Bonchev–Trinajstić information content (AvgIpc) is 3.08. The molecule has 6 nitrogen and oxygen atoms in total. The minimum atomic E-state index is -0.534. The molecule has 0 aliphatic heterocycles. The average molecular weight is 266 g/mol. The molecular formula is C11H8ClN3O3. The van der Waals surface area contributed by atoms with Gasteiger partial charge in [0.2, 0.25) is 11.7 Å². The predicted octanol–water partition coefficient (Wildman–Crippen LogP) is 3.18. The first kappa shape index (κ1) is 11.2. The van der Waals surface area contributed by atoms with Crippen molar-refractivity contribution in [1.82, 2.24) is 10.1 Å². The number of rotatable bonds is 3. The number of nitro benzene ring substituents is 1. The van der Waals surface area contributed by atoms with Crippen LogP contribution in [-0.2, 0) is 0 Å². The van der Waals surface area contributed by atoms with E-state index in [2.05, 4.69) is 10.1 Å². The molecule has 1 aromatic heterocycles. The lowest BCUT2D eigenvalue weighted by atomic mass is 10.2. The fourth-order valence-corrected chi connectivity index (χ4v) is 1.83. The fourth-order valence-electron chi connectivity index (χ4n) is 1.64. The number of aromatic nitrogens is 2. The van der Waals surface area contributed by atoms with E-state index >= 15 is 0 Å². The summed E-state index contributed by atoms with van der Waals surface area (Å²) >= 11 is 5.74. The van der Waals surface area contributed by atoms with Crippen LogP contribution in [0.3, 0.4) is 0 Å². The number of halogens is 1. The van der Waals surface area contributed by atoms with Crippen LogP contribution in [0.25, 0.3) is 11.4 Å². The first-order valence-corrected chi connectivity index (χ1v) is 5.81. The molecule has 18 heavy (non-hydrogen) atoms. The van der Waals surface area contributed by atoms with Crippen LogP contribution in [0.4, 0.5) is 5.69 Å². The number of nitrogens with zero attached hydrogens (tertiary/aromatic N) is 3. The van der Waals surface area contributed by atoms with Crippen LogP contribution in [0.5, 0.6) is 0 Å². The molecule has 0 unspecified atom stereocenters. The zero-order valence-electron chi connectivity index (χ0n) is 9.17. The van der Waals surface area contributed by atoms with Crippen LogP contribution in [0, 0.1) is 10.1 Å². The fraction of sp³-hybridized carbons (Fsp3) is 0.273. The highest BCUT2D eigenvalue weighted by Gasteiger charge is 2.30. The highest BCUT2D eigenvalue weighted by molar-refractivity contribution is 6.32. The zero-order valence-corrected chi connectivity index (χ0v) is 9.92. The molecule has 2 aromatic rings. The van der Waals surface area contributed by atoms with Gasteiger partial charge in [-0.3, -0.25) is 10.1 Å². The Morgan fingerprint density at radius 2 is 2.22 bits per heavy atom. The molecule has 1 saturated carbocycles. The molecule has 0 N–H and O–H groups in total. The molecule has 0 amide bonds. The van der Waals surface area contributed by atoms with Crippen molar-refractivity contribution < 1.29 is 9.45 Å². The van der Waals surface area contributed by atoms with Crippen molar-refractivity contribution in [2.24, 2.45) is 0 Å². The lowest BCUT2D eigenvalue weighted by molar-refractivity contribution is -0.384. The van der Waals surface area contributed by atoms with E-state index in [0.717, 1.165) is 12.8 Å². The van der Waals surface area contributed by atoms with Gasteiger partial charge in [-0.15, -0.1) is 0 Å². The third-order valence-electron chi connectivity index (χ3n) is 2.77. The summed E-state index contributed by atoms with van der Waals surface area (Å²) in [5, 5.41) is 14.7. The topological polar surface area (TPSA) is 82.1 Å². The lowest BCUT2D eigenvalue weighted by Gasteiger charge is -1.97. The summed E-state index contributed by atoms with van der Waals surface area (Å²) in [7, 11) is 0. The van der Waals surface area contributed by atoms with Crippen molar-refractivity contribution in [2.45, 2.75) is 18.8 Å². The van der Waals surface area contributed by atoms with Crippen LogP contribution in [0.15, 0.2) is 22.7 Å². The zero-order chi connectivity index (χ0) is 12.7. The minimum absolute atomic E-state index is 0.0923. The summed E-state index contributed by atoms with van der Waals surface area (Å²) in [6.07, 6.45) is 2.12. The molecule has 0 spiro atoms. The maximum absolute atomic E-state index is 10.8. The number of hydrogen-bond donors (Lipinski definition) is 0. The Kier molecular flexibility index (Phi) is 2.52. The van der Waals surface area contributed by atoms with E-state index in [1.54, 1.807) is 6.07 Å². The molecule has 0 atom stereocenters. The monoisotopic (exact) mass is 265 g/mol. The smallest absolute Gasteiger partial charge is 0.288 e. The maximum atomic E-state index is 10.8. The summed E-state index contributed by atoms with van der Waals surface area (Å²) in [5.41, 5.74) is 0.369. The van der Waals surface area contributed by atoms with Gasteiger partial charge in [0.15, 0.2) is 0 Å². The molecule has 1 aromatic carbocycles. The Bertz CT molecular complexity index is 622. The summed E-state index contributed by atoms with van der Waals surface area (Å²) in [4.78, 5) is 14.5. The van der Waals surface area contributed by atoms with Gasteiger partial charge >= 0.3 is 0 Å². The van der Waals surface area contributed by atoms with Crippen LogP contribution < -0.4 is 0 Å². The predicted molar refractivity (Wildman–Crippen MR) is 63.4 cm³/mol. The van der Waals surface area contributed by atoms with Gasteiger partial charge in [-0.2, -0.15) is 4.98 Å². The van der Waals surface area contributed by atoms with Gasteiger partial charge in [-0.25, -0.2) is 0 Å². The molecule has 0 radical (unpaired) electrons. The summed E-state index contributed by atoms with van der Waals surface area (Å²) in [6.45, 7) is 0. The second-order valence-corrected chi connectivity index (χ2v) is 4.56. The summed E-state index contributed by atoms with van der Waals surface area (Å²) in [6, 6.07) is 4.45. The normalized spacial score (nSPS) is 14.7. The van der Waals surface area contributed by atoms with Gasteiger partial charge in [-0.1, -0.05) is 16.8 Å². The quantitative estimate of drug-likeness (QED) is 0.629. The summed E-state index contributed by atoms with van der Waals surface area (Å²) in [5.74, 6) is 1.31. The van der Waals surface area contributed by atoms with E-state index in [0.29, 0.717) is 23.2 Å². The van der Waals surface area contributed by atoms with Crippen LogP contribution >= 0.6 is 11.6 Å². The van der Waals surface area contributed by atoms with Gasteiger partial charge < -0.3 is 4.52 Å². The van der Waals surface area contributed by atoms with Crippen molar-refractivity contribution in [3.8, 4) is 11.4 Å². The van der Waals surface area contributed by atoms with E-state index in [-0.39, 0.29) is 10.7 Å². The number of hydrogen-bond acceptors (Lipinski definition) is 5. The Morgan fingerprint density at radius 3 is 2.89 bits per heavy atom. The molecular weight excluding hydrogens is 258 g/mol. The van der Waals surface area contributed by atoms with E-state index in [4.69, 9.17) is 16.1 Å². The van der Waals surface area contributed by atoms with Gasteiger partial charge in [0.25, 0.3) is 5.69 Å². The van der Waals surface area contributed by atoms with Crippen molar-refractivity contribution in [3.63, 3.8) is 0 Å². The Morgan fingerprint density at radius 1 is 1.44 bits per heavy atom. The minimum Gasteiger partial charge on any atom is -0.339 e. The molecule has 1 heterocycles. The molecule has 3 rings (SSSR count). The van der Waals surface area contributed by atoms with E-state index in [1.165, 1.54) is 12.1 Å². The lowest BCUT2D eigenvalue weighted by Crippen LogP contribution is -1.90. The molecule has 1 fully saturated rings. The van der Waals surface area contributed by atoms with Crippen LogP contribution in [0.1, 0.15) is 24.7 Å². The van der Waals surface area contributed by atoms with E-state index in [9.17, 15) is 10.1 Å². The SMILES string of the molecule is O=[N+]([O-])c1cc(-c2noc(C3CC3)n2)ccc1Cl. The van der Waals surface area contributed by atoms with Crippen LogP contribution in [0.2, 0.25) is 5.02 Å². The highest BCUT2D eigenvalue weighted by Crippen LogP contribution is 2.39. The molecule has 1 aliphatic carbocycles. The molecule has 0 bridgehead atoms. The third-order valence-corrected chi connectivity index (χ3v) is 3.09. The van der Waals surface area contributed by atoms with Gasteiger partial charge in [0.05, 0.1) is 4.92 Å². The number of nitro groups is 1. The van der Waals surface area contributed by atoms with Gasteiger partial charge in [-0.05, 0) is 25.0 Å². The third kappa shape index (κ3) is 1.95. The van der Waals surface area contributed by atoms with E-state index in [1.807, 2.05) is 0 Å². The second kappa shape index (κ2) is 4.06. The summed E-state index contributed by atoms with van der Waals surface area (Å²) < 4.78 is 5.11. The Labute approximate surface area is 107 Å². The Balaban J connectivity index is 1.99. The van der Waals surface area contributed by atoms with Crippen molar-refractivity contribution in [2.75, 3.05) is 0 Å². The number of benzene rings is 1. The van der Waals surface area contributed by atoms with Crippen molar-refractivity contribution >= 4 is 17.3 Å². The first-order valence-electron chi connectivity index (χ1n) is 5.43. The van der Waals surface area contributed by atoms with Crippen molar-refractivity contribution in [3.05, 3.63) is 39.2 Å². The van der Waals surface area contributed by atoms with Gasteiger partial charge in [0, 0.05) is 17.5 Å². The van der Waals surface area contributed by atoms with Crippen molar-refractivity contribution in [1.29, 1.82) is 0 Å². The molecule has 7 heteroatoms. The largest absolute Gasteiger partial charge is 0.339 e. The van der Waals surface area contributed by atoms with Crippen LogP contribution in [-0.4, -0.2) is 15.1 Å². The molecule has 92 valence electrons. The highest BCUT2D eigenvalue weighted by atomic mass is 35.5. The van der Waals surface area contributed by atoms with E-state index < -0.39 is 4.92 Å².